The molecule has 0 bridgehead atoms. The Hall–Kier alpha value is -1.49. The van der Waals surface area contributed by atoms with Gasteiger partial charge in [-0.3, -0.25) is 0 Å². The summed E-state index contributed by atoms with van der Waals surface area (Å²) in [4.78, 5) is 13.7. The fourth-order valence-electron chi connectivity index (χ4n) is 1.38. The molecule has 0 fully saturated rings. The van der Waals surface area contributed by atoms with Crippen LogP contribution in [-0.4, -0.2) is 21.2 Å². The minimum atomic E-state index is -1.06. The van der Waals surface area contributed by atoms with Crippen LogP contribution in [0.5, 0.6) is 5.75 Å². The molecule has 5 heteroatoms. The van der Waals surface area contributed by atoms with Gasteiger partial charge in [0.05, 0.1) is 16.5 Å². The molecule has 4 nitrogen and oxygen atoms in total. The maximum atomic E-state index is 10.9. The van der Waals surface area contributed by atoms with Gasteiger partial charge in [-0.25, -0.2) is 4.79 Å². The molecule has 72 valence electrons. The van der Waals surface area contributed by atoms with E-state index in [9.17, 15) is 9.90 Å². The van der Waals surface area contributed by atoms with Gasteiger partial charge < -0.3 is 15.2 Å². The zero-order valence-electron chi connectivity index (χ0n) is 6.91. The fraction of sp³-hybridized carbons (Fsp3) is 0. The molecule has 2 aromatic rings. The van der Waals surface area contributed by atoms with Gasteiger partial charge in [0.15, 0.2) is 0 Å². The van der Waals surface area contributed by atoms with Crippen molar-refractivity contribution >= 4 is 32.8 Å². The zero-order valence-corrected chi connectivity index (χ0v) is 8.50. The Bertz CT molecular complexity index is 518. The lowest BCUT2D eigenvalue weighted by Crippen LogP contribution is -1.96. The highest BCUT2D eigenvalue weighted by atomic mass is 79.9. The first kappa shape index (κ1) is 9.08. The van der Waals surface area contributed by atoms with Crippen molar-refractivity contribution in [3.8, 4) is 5.75 Å². The predicted octanol–water partition coefficient (Wildman–Crippen LogP) is 2.33. The fourth-order valence-corrected chi connectivity index (χ4v) is 1.84. The van der Waals surface area contributed by atoms with Gasteiger partial charge in [0, 0.05) is 10.7 Å². The first-order valence-electron chi connectivity index (χ1n) is 3.82. The number of fused-ring (bicyclic) bond motifs is 1. The molecule has 0 radical (unpaired) electrons. The van der Waals surface area contributed by atoms with E-state index in [1.165, 1.54) is 12.3 Å². The Balaban J connectivity index is 2.90. The maximum Gasteiger partial charge on any atom is 0.336 e. The van der Waals surface area contributed by atoms with Crippen LogP contribution in [0.3, 0.4) is 0 Å². The Morgan fingerprint density at radius 3 is 2.79 bits per heavy atom. The van der Waals surface area contributed by atoms with Gasteiger partial charge in [-0.15, -0.1) is 0 Å². The van der Waals surface area contributed by atoms with Crippen LogP contribution in [0.25, 0.3) is 10.9 Å². The first-order chi connectivity index (χ1) is 6.59. The van der Waals surface area contributed by atoms with Crippen LogP contribution in [-0.2, 0) is 0 Å². The second kappa shape index (κ2) is 3.02. The smallest absolute Gasteiger partial charge is 0.336 e. The minimum Gasteiger partial charge on any atom is -0.506 e. The zero-order chi connectivity index (χ0) is 10.3. The molecule has 14 heavy (non-hydrogen) atoms. The number of aromatic hydroxyl groups is 1. The lowest BCUT2D eigenvalue weighted by atomic mass is 10.1. The largest absolute Gasteiger partial charge is 0.506 e. The summed E-state index contributed by atoms with van der Waals surface area (Å²) in [7, 11) is 0. The van der Waals surface area contributed by atoms with Gasteiger partial charge in [0.25, 0.3) is 0 Å². The van der Waals surface area contributed by atoms with E-state index in [1.807, 2.05) is 0 Å². The van der Waals surface area contributed by atoms with Crippen molar-refractivity contribution in [2.24, 2.45) is 0 Å². The first-order valence-corrected chi connectivity index (χ1v) is 4.62. The van der Waals surface area contributed by atoms with E-state index in [1.54, 1.807) is 6.07 Å². The number of carbonyl (C=O) groups is 1. The number of halogens is 1. The number of hydrogen-bond donors (Lipinski definition) is 3. The number of H-pyrrole nitrogens is 1. The van der Waals surface area contributed by atoms with Crippen LogP contribution in [0.4, 0.5) is 0 Å². The Kier molecular flexibility index (Phi) is 1.96. The van der Waals surface area contributed by atoms with E-state index in [4.69, 9.17) is 5.11 Å². The molecular weight excluding hydrogens is 250 g/mol. The van der Waals surface area contributed by atoms with Gasteiger partial charge in [0.2, 0.25) is 0 Å². The maximum absolute atomic E-state index is 10.9. The second-order valence-corrected chi connectivity index (χ2v) is 3.77. The molecule has 1 heterocycles. The van der Waals surface area contributed by atoms with E-state index in [0.29, 0.717) is 15.4 Å². The number of aromatic carboxylic acids is 1. The molecule has 0 aliphatic carbocycles. The molecule has 3 N–H and O–H groups in total. The van der Waals surface area contributed by atoms with E-state index in [0.717, 1.165) is 0 Å². The van der Waals surface area contributed by atoms with Crippen molar-refractivity contribution in [3.05, 3.63) is 28.4 Å². The van der Waals surface area contributed by atoms with Gasteiger partial charge in [-0.2, -0.15) is 0 Å². The summed E-state index contributed by atoms with van der Waals surface area (Å²) >= 11 is 3.20. The Labute approximate surface area is 87.3 Å². The molecule has 0 aliphatic heterocycles. The molecule has 0 unspecified atom stereocenters. The highest BCUT2D eigenvalue weighted by Crippen LogP contribution is 2.30. The summed E-state index contributed by atoms with van der Waals surface area (Å²) in [6.07, 6.45) is 1.36. The van der Waals surface area contributed by atoms with Gasteiger partial charge in [0.1, 0.15) is 5.75 Å². The molecule has 1 aromatic carbocycles. The van der Waals surface area contributed by atoms with Crippen LogP contribution < -0.4 is 0 Å². The standard InChI is InChI=1S/C9H6BrNO3/c10-4-1-5(9(13)14)8-6(2-4)11-3-7(8)12/h1-3,11-12H,(H,13,14). The number of benzene rings is 1. The van der Waals surface area contributed by atoms with Crippen LogP contribution in [0.1, 0.15) is 10.4 Å². The molecule has 0 aliphatic rings. The molecule has 0 atom stereocenters. The van der Waals surface area contributed by atoms with E-state index in [-0.39, 0.29) is 11.3 Å². The number of aromatic amines is 1. The van der Waals surface area contributed by atoms with E-state index >= 15 is 0 Å². The molecule has 0 saturated heterocycles. The van der Waals surface area contributed by atoms with Gasteiger partial charge in [-0.05, 0) is 12.1 Å². The number of carboxylic acids is 1. The third-order valence-electron chi connectivity index (χ3n) is 1.95. The lowest BCUT2D eigenvalue weighted by Gasteiger charge is -1.99. The molecule has 0 amide bonds. The van der Waals surface area contributed by atoms with Crippen molar-refractivity contribution in [1.82, 2.24) is 4.98 Å². The van der Waals surface area contributed by atoms with Gasteiger partial charge >= 0.3 is 5.97 Å². The summed E-state index contributed by atoms with van der Waals surface area (Å²) in [6.45, 7) is 0. The summed E-state index contributed by atoms with van der Waals surface area (Å²) in [5.74, 6) is -1.11. The summed E-state index contributed by atoms with van der Waals surface area (Å²) < 4.78 is 0.657. The average molecular weight is 256 g/mol. The monoisotopic (exact) mass is 255 g/mol. The highest BCUT2D eigenvalue weighted by molar-refractivity contribution is 9.10. The second-order valence-electron chi connectivity index (χ2n) is 2.85. The topological polar surface area (TPSA) is 73.3 Å². The molecule has 0 spiro atoms. The number of aromatic nitrogens is 1. The minimum absolute atomic E-state index is 0.0510. The van der Waals surface area contributed by atoms with Crippen molar-refractivity contribution in [2.45, 2.75) is 0 Å². The number of nitrogens with one attached hydrogen (secondary N) is 1. The van der Waals surface area contributed by atoms with Crippen molar-refractivity contribution in [2.75, 3.05) is 0 Å². The van der Waals surface area contributed by atoms with E-state index in [2.05, 4.69) is 20.9 Å². The molecule has 0 saturated carbocycles. The van der Waals surface area contributed by atoms with E-state index < -0.39 is 5.97 Å². The van der Waals surface area contributed by atoms with Crippen molar-refractivity contribution < 1.29 is 15.0 Å². The van der Waals surface area contributed by atoms with Crippen LogP contribution in [0, 0.1) is 0 Å². The molecular formula is C9H6BrNO3. The third-order valence-corrected chi connectivity index (χ3v) is 2.41. The Morgan fingerprint density at radius 1 is 1.43 bits per heavy atom. The normalized spacial score (nSPS) is 10.6. The SMILES string of the molecule is O=C(O)c1cc(Br)cc2[nH]cc(O)c12. The van der Waals surface area contributed by atoms with Gasteiger partial charge in [-0.1, -0.05) is 15.9 Å². The predicted molar refractivity (Wildman–Crippen MR) is 54.6 cm³/mol. The van der Waals surface area contributed by atoms with Crippen LogP contribution in [0.15, 0.2) is 22.8 Å². The molecule has 2 rings (SSSR count). The van der Waals surface area contributed by atoms with Crippen molar-refractivity contribution in [1.29, 1.82) is 0 Å². The lowest BCUT2D eigenvalue weighted by molar-refractivity contribution is 0.0698. The summed E-state index contributed by atoms with van der Waals surface area (Å²) in [6, 6.07) is 3.17. The van der Waals surface area contributed by atoms with Crippen LogP contribution >= 0.6 is 15.9 Å². The third kappa shape index (κ3) is 1.26. The number of carboxylic acid groups (broad SMARTS) is 1. The number of hydrogen-bond acceptors (Lipinski definition) is 2. The number of rotatable bonds is 1. The molecule has 1 aromatic heterocycles. The summed E-state index contributed by atoms with van der Waals surface area (Å²) in [5.41, 5.74) is 0.669. The summed E-state index contributed by atoms with van der Waals surface area (Å²) in [5, 5.41) is 18.7. The Morgan fingerprint density at radius 2 is 2.14 bits per heavy atom. The van der Waals surface area contributed by atoms with Crippen LogP contribution in [0.2, 0.25) is 0 Å². The average Bonchev–Trinajstić information content (AvgIpc) is 2.46. The highest BCUT2D eigenvalue weighted by Gasteiger charge is 2.14. The van der Waals surface area contributed by atoms with Crippen molar-refractivity contribution in [3.63, 3.8) is 0 Å². The quantitative estimate of drug-likeness (QED) is 0.733.